The van der Waals surface area contributed by atoms with Crippen LogP contribution in [-0.4, -0.2) is 59.2 Å². The number of amides is 2. The highest BCUT2D eigenvalue weighted by atomic mass is 32.1. The summed E-state index contributed by atoms with van der Waals surface area (Å²) < 4.78 is 0. The van der Waals surface area contributed by atoms with E-state index in [1.54, 1.807) is 11.3 Å². The average molecular weight is 352 g/mol. The molecule has 0 unspecified atom stereocenters. The van der Waals surface area contributed by atoms with E-state index in [-0.39, 0.29) is 18.0 Å². The lowest BCUT2D eigenvalue weighted by Crippen LogP contribution is -2.54. The van der Waals surface area contributed by atoms with E-state index >= 15 is 0 Å². The van der Waals surface area contributed by atoms with Crippen molar-refractivity contribution in [2.75, 3.05) is 31.1 Å². The lowest BCUT2D eigenvalue weighted by molar-refractivity contribution is -0.142. The molecule has 8 heteroatoms. The first-order chi connectivity index (χ1) is 11.5. The van der Waals surface area contributed by atoms with Crippen LogP contribution in [0.3, 0.4) is 0 Å². The Bertz CT molecular complexity index is 590. The zero-order chi connectivity index (χ0) is 17.1. The number of carbonyl (C=O) groups excluding carboxylic acids is 1. The van der Waals surface area contributed by atoms with Crippen LogP contribution in [0.1, 0.15) is 31.4 Å². The molecule has 7 nitrogen and oxygen atoms in total. The monoisotopic (exact) mass is 352 g/mol. The van der Waals surface area contributed by atoms with Crippen molar-refractivity contribution in [3.63, 3.8) is 0 Å². The van der Waals surface area contributed by atoms with Crippen LogP contribution in [0.4, 0.5) is 9.93 Å². The van der Waals surface area contributed by atoms with Gasteiger partial charge in [-0.15, -0.1) is 11.3 Å². The number of carbonyl (C=O) groups is 2. The van der Waals surface area contributed by atoms with Gasteiger partial charge >= 0.3 is 12.0 Å². The molecule has 1 aliphatic carbocycles. The minimum Gasteiger partial charge on any atom is -0.481 e. The maximum Gasteiger partial charge on any atom is 0.317 e. The minimum atomic E-state index is -0.715. The minimum absolute atomic E-state index is 0.0243. The van der Waals surface area contributed by atoms with Crippen LogP contribution in [0.2, 0.25) is 0 Å². The summed E-state index contributed by atoms with van der Waals surface area (Å²) in [6, 6.07) is 0.0801. The fraction of sp³-hybridized carbons (Fsp3) is 0.688. The zero-order valence-electron chi connectivity index (χ0n) is 13.9. The number of aliphatic carboxylic acids is 1. The van der Waals surface area contributed by atoms with Gasteiger partial charge in [-0.25, -0.2) is 9.78 Å². The molecule has 1 saturated carbocycles. The Labute approximate surface area is 145 Å². The molecular formula is C16H24N4O3S. The molecular weight excluding hydrogens is 328 g/mol. The van der Waals surface area contributed by atoms with Crippen LogP contribution in [0.15, 0.2) is 5.38 Å². The maximum absolute atomic E-state index is 12.4. The van der Waals surface area contributed by atoms with Crippen LogP contribution in [0.25, 0.3) is 0 Å². The van der Waals surface area contributed by atoms with E-state index in [0.29, 0.717) is 25.9 Å². The van der Waals surface area contributed by atoms with Gasteiger partial charge in [-0.1, -0.05) is 0 Å². The van der Waals surface area contributed by atoms with Crippen molar-refractivity contribution in [1.82, 2.24) is 15.2 Å². The first-order valence-corrected chi connectivity index (χ1v) is 9.36. The number of aryl methyl sites for hydroxylation is 1. The number of carboxylic acids is 1. The Balaban J connectivity index is 1.43. The summed E-state index contributed by atoms with van der Waals surface area (Å²) in [7, 11) is 0. The normalized spacial score (nSPS) is 24.7. The Hall–Kier alpha value is -1.83. The molecule has 2 amide bonds. The van der Waals surface area contributed by atoms with Crippen LogP contribution in [-0.2, 0) is 4.79 Å². The number of urea groups is 1. The average Bonchev–Trinajstić information content (AvgIpc) is 3.02. The first kappa shape index (κ1) is 17.0. The lowest BCUT2D eigenvalue weighted by atomic mass is 9.86. The Morgan fingerprint density at radius 3 is 2.42 bits per heavy atom. The van der Waals surface area contributed by atoms with Crippen molar-refractivity contribution in [2.24, 2.45) is 5.92 Å². The second kappa shape index (κ2) is 7.38. The van der Waals surface area contributed by atoms with E-state index in [9.17, 15) is 9.59 Å². The third kappa shape index (κ3) is 3.98. The molecule has 0 spiro atoms. The fourth-order valence-corrected chi connectivity index (χ4v) is 4.20. The number of nitrogens with one attached hydrogen (secondary N) is 1. The van der Waals surface area contributed by atoms with Crippen molar-refractivity contribution in [1.29, 1.82) is 0 Å². The van der Waals surface area contributed by atoms with Gasteiger partial charge in [0.15, 0.2) is 5.13 Å². The third-order valence-electron chi connectivity index (χ3n) is 4.85. The third-order valence-corrected chi connectivity index (χ3v) is 5.87. The molecule has 1 aromatic heterocycles. The molecule has 2 aliphatic rings. The Morgan fingerprint density at radius 1 is 1.21 bits per heavy atom. The second-order valence-electron chi connectivity index (χ2n) is 6.58. The second-order valence-corrected chi connectivity index (χ2v) is 7.42. The Morgan fingerprint density at radius 2 is 1.88 bits per heavy atom. The van der Waals surface area contributed by atoms with E-state index in [0.717, 1.165) is 36.8 Å². The fourth-order valence-electron chi connectivity index (χ4n) is 3.34. The van der Waals surface area contributed by atoms with Crippen LogP contribution in [0, 0.1) is 12.8 Å². The lowest BCUT2D eigenvalue weighted by Gasteiger charge is -2.36. The highest BCUT2D eigenvalue weighted by Gasteiger charge is 2.29. The summed E-state index contributed by atoms with van der Waals surface area (Å²) in [5.41, 5.74) is 1.03. The van der Waals surface area contributed by atoms with Crippen molar-refractivity contribution < 1.29 is 14.7 Å². The summed E-state index contributed by atoms with van der Waals surface area (Å²) in [4.78, 5) is 31.9. The molecule has 2 heterocycles. The number of rotatable bonds is 3. The number of aromatic nitrogens is 1. The standard InChI is InChI=1S/C16H24N4O3S/c1-11-10-24-16(17-11)20-8-6-19(7-9-20)15(23)18-13-4-2-12(3-5-13)14(21)22/h10,12-13H,2-9H2,1H3,(H,18,23)(H,21,22). The predicted molar refractivity (Wildman–Crippen MR) is 92.6 cm³/mol. The molecule has 1 saturated heterocycles. The molecule has 3 rings (SSSR count). The van der Waals surface area contributed by atoms with Crippen molar-refractivity contribution in [3.8, 4) is 0 Å². The predicted octanol–water partition coefficient (Wildman–Crippen LogP) is 1.93. The summed E-state index contributed by atoms with van der Waals surface area (Å²) in [6.45, 7) is 4.96. The number of carboxylic acid groups (broad SMARTS) is 1. The SMILES string of the molecule is Cc1csc(N2CCN(C(=O)NC3CCC(C(=O)O)CC3)CC2)n1. The van der Waals surface area contributed by atoms with Crippen molar-refractivity contribution in [2.45, 2.75) is 38.6 Å². The molecule has 0 radical (unpaired) electrons. The molecule has 1 aliphatic heterocycles. The van der Waals surface area contributed by atoms with Gasteiger partial charge in [0.25, 0.3) is 0 Å². The van der Waals surface area contributed by atoms with Gasteiger partial charge in [0.1, 0.15) is 0 Å². The molecule has 1 aromatic rings. The van der Waals surface area contributed by atoms with Gasteiger partial charge in [-0.05, 0) is 32.6 Å². The number of piperazine rings is 1. The number of thiazole rings is 1. The van der Waals surface area contributed by atoms with E-state index in [2.05, 4.69) is 15.2 Å². The molecule has 24 heavy (non-hydrogen) atoms. The summed E-state index contributed by atoms with van der Waals surface area (Å²) in [6.07, 6.45) is 2.80. The van der Waals surface area contributed by atoms with E-state index in [1.807, 2.05) is 17.2 Å². The van der Waals surface area contributed by atoms with Gasteiger partial charge in [0.05, 0.1) is 11.6 Å². The maximum atomic E-state index is 12.4. The van der Waals surface area contributed by atoms with Crippen LogP contribution < -0.4 is 10.2 Å². The highest BCUT2D eigenvalue weighted by molar-refractivity contribution is 7.13. The molecule has 132 valence electrons. The van der Waals surface area contributed by atoms with Gasteiger partial charge in [-0.2, -0.15) is 0 Å². The number of hydrogen-bond acceptors (Lipinski definition) is 5. The molecule has 0 atom stereocenters. The van der Waals surface area contributed by atoms with Crippen molar-refractivity contribution >= 4 is 28.5 Å². The summed E-state index contributed by atoms with van der Waals surface area (Å²) in [5.74, 6) is -0.961. The number of anilines is 1. The zero-order valence-corrected chi connectivity index (χ0v) is 14.7. The van der Waals surface area contributed by atoms with Gasteiger partial charge in [-0.3, -0.25) is 4.79 Å². The molecule has 2 fully saturated rings. The topological polar surface area (TPSA) is 85.8 Å². The van der Waals surface area contributed by atoms with E-state index in [4.69, 9.17) is 5.11 Å². The van der Waals surface area contributed by atoms with Crippen LogP contribution in [0.5, 0.6) is 0 Å². The molecule has 2 N–H and O–H groups in total. The number of nitrogens with zero attached hydrogens (tertiary/aromatic N) is 3. The number of hydrogen-bond donors (Lipinski definition) is 2. The highest BCUT2D eigenvalue weighted by Crippen LogP contribution is 2.25. The van der Waals surface area contributed by atoms with E-state index in [1.165, 1.54) is 0 Å². The van der Waals surface area contributed by atoms with Gasteiger partial charge < -0.3 is 20.2 Å². The summed E-state index contributed by atoms with van der Waals surface area (Å²) in [5, 5.41) is 15.2. The first-order valence-electron chi connectivity index (χ1n) is 8.48. The van der Waals surface area contributed by atoms with Gasteiger partial charge in [0, 0.05) is 37.6 Å². The Kier molecular flexibility index (Phi) is 5.23. The summed E-state index contributed by atoms with van der Waals surface area (Å²) >= 11 is 1.64. The molecule has 0 aromatic carbocycles. The van der Waals surface area contributed by atoms with Crippen molar-refractivity contribution in [3.05, 3.63) is 11.1 Å². The largest absolute Gasteiger partial charge is 0.481 e. The van der Waals surface area contributed by atoms with Crippen LogP contribution >= 0.6 is 11.3 Å². The van der Waals surface area contributed by atoms with Gasteiger partial charge in [0.2, 0.25) is 0 Å². The smallest absolute Gasteiger partial charge is 0.317 e. The molecule has 0 bridgehead atoms. The quantitative estimate of drug-likeness (QED) is 0.868. The van der Waals surface area contributed by atoms with E-state index < -0.39 is 5.97 Å².